The lowest BCUT2D eigenvalue weighted by molar-refractivity contribution is -0.135. The summed E-state index contributed by atoms with van der Waals surface area (Å²) >= 11 is 0. The first-order chi connectivity index (χ1) is 17.9. The summed E-state index contributed by atoms with van der Waals surface area (Å²) in [7, 11) is 4.08. The number of hydrogen-bond donors (Lipinski definition) is 0. The Morgan fingerprint density at radius 3 is 2.32 bits per heavy atom. The van der Waals surface area contributed by atoms with Crippen LogP contribution in [0.3, 0.4) is 0 Å². The Morgan fingerprint density at radius 1 is 0.919 bits per heavy atom. The van der Waals surface area contributed by atoms with Crippen LogP contribution in [0.4, 0.5) is 10.5 Å². The molecule has 0 aliphatic carbocycles. The van der Waals surface area contributed by atoms with E-state index < -0.39 is 5.54 Å². The summed E-state index contributed by atoms with van der Waals surface area (Å²) in [6, 6.07) is 22.6. The first kappa shape index (κ1) is 25.0. The highest BCUT2D eigenvalue weighted by atomic mass is 16.2. The van der Waals surface area contributed by atoms with E-state index in [4.69, 9.17) is 0 Å². The second-order valence-electron chi connectivity index (χ2n) is 10.3. The molecule has 2 fully saturated rings. The van der Waals surface area contributed by atoms with E-state index in [0.717, 1.165) is 36.0 Å². The molecule has 1 spiro atoms. The fraction of sp³-hybridized carbons (Fsp3) is 0.355. The van der Waals surface area contributed by atoms with Crippen molar-refractivity contribution in [3.63, 3.8) is 0 Å². The molecule has 0 bridgehead atoms. The highest BCUT2D eigenvalue weighted by molar-refractivity contribution is 6.07. The minimum Gasteiger partial charge on any atom is -0.378 e. The fourth-order valence-electron chi connectivity index (χ4n) is 5.77. The van der Waals surface area contributed by atoms with Crippen LogP contribution in [0.2, 0.25) is 0 Å². The number of anilines is 1. The second kappa shape index (κ2) is 10.4. The monoisotopic (exact) mass is 496 g/mol. The average molecular weight is 497 g/mol. The van der Waals surface area contributed by atoms with Crippen molar-refractivity contribution < 1.29 is 9.59 Å². The van der Waals surface area contributed by atoms with Crippen LogP contribution in [-0.4, -0.2) is 72.5 Å². The maximum absolute atomic E-state index is 13.8. The van der Waals surface area contributed by atoms with Crippen LogP contribution in [0, 0.1) is 0 Å². The molecule has 5 rings (SSSR count). The molecule has 2 saturated heterocycles. The molecule has 192 valence electrons. The van der Waals surface area contributed by atoms with Gasteiger partial charge in [0.05, 0.1) is 6.54 Å². The van der Waals surface area contributed by atoms with Crippen molar-refractivity contribution in [2.45, 2.75) is 31.8 Å². The lowest BCUT2D eigenvalue weighted by atomic mass is 9.85. The van der Waals surface area contributed by atoms with Crippen LogP contribution in [0.25, 0.3) is 16.8 Å². The van der Waals surface area contributed by atoms with Gasteiger partial charge in [-0.2, -0.15) is 0 Å². The predicted octanol–water partition coefficient (Wildman–Crippen LogP) is 5.24. The highest BCUT2D eigenvalue weighted by Crippen LogP contribution is 2.38. The van der Waals surface area contributed by atoms with E-state index in [2.05, 4.69) is 64.4 Å². The largest absolute Gasteiger partial charge is 0.378 e. The van der Waals surface area contributed by atoms with Crippen molar-refractivity contribution in [3.05, 3.63) is 83.9 Å². The summed E-state index contributed by atoms with van der Waals surface area (Å²) < 4.78 is 0. The van der Waals surface area contributed by atoms with Gasteiger partial charge >= 0.3 is 6.03 Å². The number of nitrogens with zero attached hydrogens (tertiary/aromatic N) is 4. The number of carbonyl (C=O) groups is 2. The zero-order chi connectivity index (χ0) is 26.0. The maximum Gasteiger partial charge on any atom is 0.327 e. The lowest BCUT2D eigenvalue weighted by Gasteiger charge is -2.41. The summed E-state index contributed by atoms with van der Waals surface area (Å²) in [6.07, 6.45) is 5.68. The van der Waals surface area contributed by atoms with Gasteiger partial charge in [-0.15, -0.1) is 0 Å². The Balaban J connectivity index is 1.25. The first-order valence-corrected chi connectivity index (χ1v) is 13.2. The maximum atomic E-state index is 13.8. The van der Waals surface area contributed by atoms with Crippen LogP contribution in [0.1, 0.15) is 30.9 Å². The van der Waals surface area contributed by atoms with Crippen molar-refractivity contribution in [1.82, 2.24) is 14.7 Å². The Labute approximate surface area is 219 Å². The van der Waals surface area contributed by atoms with Crippen LogP contribution in [0.15, 0.2) is 72.8 Å². The molecule has 0 atom stereocenters. The first-order valence-electron chi connectivity index (χ1n) is 13.2. The Morgan fingerprint density at radius 2 is 1.62 bits per heavy atom. The van der Waals surface area contributed by atoms with Gasteiger partial charge in [-0.05, 0) is 53.8 Å². The Kier molecular flexibility index (Phi) is 7.02. The molecule has 3 aromatic rings. The smallest absolute Gasteiger partial charge is 0.327 e. The average Bonchev–Trinajstić information content (AvgIpc) is 3.10. The van der Waals surface area contributed by atoms with Gasteiger partial charge in [0.15, 0.2) is 0 Å². The van der Waals surface area contributed by atoms with Gasteiger partial charge < -0.3 is 9.80 Å². The molecule has 6 heteroatoms. The van der Waals surface area contributed by atoms with Crippen molar-refractivity contribution in [2.24, 2.45) is 0 Å². The van der Waals surface area contributed by atoms with Gasteiger partial charge in [0, 0.05) is 46.0 Å². The molecule has 2 aliphatic heterocycles. The van der Waals surface area contributed by atoms with E-state index in [9.17, 15) is 9.59 Å². The number of benzene rings is 3. The van der Waals surface area contributed by atoms with Gasteiger partial charge in [-0.25, -0.2) is 4.79 Å². The Hall–Kier alpha value is -3.64. The van der Waals surface area contributed by atoms with E-state index in [1.165, 1.54) is 16.2 Å². The van der Waals surface area contributed by atoms with Gasteiger partial charge in [-0.1, -0.05) is 66.7 Å². The molecule has 37 heavy (non-hydrogen) atoms. The van der Waals surface area contributed by atoms with Crippen LogP contribution < -0.4 is 4.90 Å². The normalized spacial score (nSPS) is 18.0. The third-order valence-corrected chi connectivity index (χ3v) is 7.91. The van der Waals surface area contributed by atoms with E-state index in [1.54, 1.807) is 0 Å². The number of amides is 3. The van der Waals surface area contributed by atoms with Crippen molar-refractivity contribution in [2.75, 3.05) is 45.2 Å². The SMILES string of the molecule is CCN1C(=O)N(Cc2cccc3ccccc23)C(=O)C12CCN(C/C=C/c1ccc(N(C)C)cc1)CC2. The molecule has 3 aromatic carbocycles. The summed E-state index contributed by atoms with van der Waals surface area (Å²) in [5.74, 6) is -0.0385. The van der Waals surface area contributed by atoms with Gasteiger partial charge in [0.1, 0.15) is 5.54 Å². The number of likely N-dealkylation sites (tertiary alicyclic amines) is 1. The number of carbonyl (C=O) groups excluding carboxylic acids is 2. The van der Waals surface area contributed by atoms with Gasteiger partial charge in [-0.3, -0.25) is 14.6 Å². The standard InChI is InChI=1S/C31H36N4O2/c1-4-35-30(37)34(23-26-12-7-11-25-10-5-6-13-28(25)26)29(36)31(35)18-21-33(22-19-31)20-8-9-24-14-16-27(17-15-24)32(2)3/h5-17H,4,18-23H2,1-3H3/b9-8+. The van der Waals surface area contributed by atoms with Crippen LogP contribution in [0.5, 0.6) is 0 Å². The van der Waals surface area contributed by atoms with E-state index in [1.807, 2.05) is 50.2 Å². The molecule has 0 N–H and O–H groups in total. The van der Waals surface area contributed by atoms with Crippen LogP contribution in [-0.2, 0) is 11.3 Å². The number of urea groups is 1. The summed E-state index contributed by atoms with van der Waals surface area (Å²) in [4.78, 5) is 35.0. The quantitative estimate of drug-likeness (QED) is 0.420. The van der Waals surface area contributed by atoms with Crippen molar-refractivity contribution >= 4 is 34.5 Å². The van der Waals surface area contributed by atoms with Crippen LogP contribution >= 0.6 is 0 Å². The number of rotatable bonds is 7. The molecule has 0 radical (unpaired) electrons. The van der Waals surface area contributed by atoms with Crippen molar-refractivity contribution in [1.29, 1.82) is 0 Å². The van der Waals surface area contributed by atoms with Crippen molar-refractivity contribution in [3.8, 4) is 0 Å². The molecule has 0 unspecified atom stereocenters. The molecule has 6 nitrogen and oxygen atoms in total. The summed E-state index contributed by atoms with van der Waals surface area (Å²) in [5, 5.41) is 2.21. The fourth-order valence-corrected chi connectivity index (χ4v) is 5.77. The molecule has 0 aromatic heterocycles. The number of piperidine rings is 1. The van der Waals surface area contributed by atoms with Gasteiger partial charge in [0.2, 0.25) is 0 Å². The van der Waals surface area contributed by atoms with E-state index >= 15 is 0 Å². The Bertz CT molecular complexity index is 1300. The number of fused-ring (bicyclic) bond motifs is 1. The summed E-state index contributed by atoms with van der Waals surface area (Å²) in [6.45, 7) is 5.25. The number of likely N-dealkylation sites (N-methyl/N-ethyl adjacent to an activating group) is 1. The third-order valence-electron chi connectivity index (χ3n) is 7.91. The topological polar surface area (TPSA) is 47.1 Å². The van der Waals surface area contributed by atoms with Gasteiger partial charge in [0.25, 0.3) is 5.91 Å². The zero-order valence-electron chi connectivity index (χ0n) is 22.1. The molecule has 0 saturated carbocycles. The molecule has 2 aliphatic rings. The van der Waals surface area contributed by atoms with E-state index in [0.29, 0.717) is 25.9 Å². The number of imide groups is 1. The molecular formula is C31H36N4O2. The minimum atomic E-state index is -0.724. The lowest BCUT2D eigenvalue weighted by Crippen LogP contribution is -2.56. The second-order valence-corrected chi connectivity index (χ2v) is 10.3. The molecular weight excluding hydrogens is 460 g/mol. The molecule has 2 heterocycles. The van der Waals surface area contributed by atoms with E-state index in [-0.39, 0.29) is 11.9 Å². The summed E-state index contributed by atoms with van der Waals surface area (Å²) in [5.41, 5.74) is 2.65. The third kappa shape index (κ3) is 4.74. The highest BCUT2D eigenvalue weighted by Gasteiger charge is 2.57. The number of hydrogen-bond acceptors (Lipinski definition) is 4. The zero-order valence-corrected chi connectivity index (χ0v) is 22.1. The molecule has 3 amide bonds. The predicted molar refractivity (Wildman–Crippen MR) is 150 cm³/mol. The minimum absolute atomic E-state index is 0.0385.